The summed E-state index contributed by atoms with van der Waals surface area (Å²) in [7, 11) is -2.35. The lowest BCUT2D eigenvalue weighted by Crippen LogP contribution is -2.32. The number of halogens is 1. The van der Waals surface area contributed by atoms with Gasteiger partial charge in [-0.05, 0) is 56.2 Å². The number of hydrogen-bond donors (Lipinski definition) is 1. The van der Waals surface area contributed by atoms with Crippen LogP contribution in [0, 0.1) is 0 Å². The Labute approximate surface area is 198 Å². The molecule has 1 N–H and O–H groups in total. The van der Waals surface area contributed by atoms with Crippen molar-refractivity contribution in [1.29, 1.82) is 0 Å². The van der Waals surface area contributed by atoms with Crippen molar-refractivity contribution in [2.45, 2.75) is 37.5 Å². The summed E-state index contributed by atoms with van der Waals surface area (Å²) in [6.45, 7) is 2.77. The Hall–Kier alpha value is -2.62. The van der Waals surface area contributed by atoms with Gasteiger partial charge in [-0.25, -0.2) is 13.2 Å². The highest BCUT2D eigenvalue weighted by Gasteiger charge is 2.27. The number of ether oxygens (including phenoxy) is 2. The van der Waals surface area contributed by atoms with E-state index >= 15 is 0 Å². The van der Waals surface area contributed by atoms with Crippen LogP contribution in [-0.4, -0.2) is 51.4 Å². The largest absolute Gasteiger partial charge is 0.496 e. The third-order valence-electron chi connectivity index (χ3n) is 5.34. The number of nitrogens with one attached hydrogen (secondary N) is 1. The van der Waals surface area contributed by atoms with Crippen LogP contribution in [-0.2, 0) is 14.8 Å². The summed E-state index contributed by atoms with van der Waals surface area (Å²) in [6, 6.07) is 8.63. The van der Waals surface area contributed by atoms with Gasteiger partial charge in [0.25, 0.3) is 5.91 Å². The maximum Gasteiger partial charge on any atom is 0.339 e. The van der Waals surface area contributed by atoms with E-state index in [2.05, 4.69) is 5.32 Å². The van der Waals surface area contributed by atoms with Gasteiger partial charge in [-0.2, -0.15) is 4.31 Å². The fourth-order valence-corrected chi connectivity index (χ4v) is 5.36. The molecular weight excluding hydrogens is 468 g/mol. The third kappa shape index (κ3) is 5.85. The summed E-state index contributed by atoms with van der Waals surface area (Å²) in [6.07, 6.45) is 3.61. The van der Waals surface area contributed by atoms with Gasteiger partial charge in [0, 0.05) is 18.8 Å². The first kappa shape index (κ1) is 25.0. The second-order valence-corrected chi connectivity index (χ2v) is 9.89. The Morgan fingerprint density at radius 1 is 1.03 bits per heavy atom. The summed E-state index contributed by atoms with van der Waals surface area (Å²) in [5.41, 5.74) is 0.470. The van der Waals surface area contributed by atoms with Gasteiger partial charge in [0.1, 0.15) is 5.75 Å². The Kier molecular flexibility index (Phi) is 8.34. The van der Waals surface area contributed by atoms with E-state index < -0.39 is 21.9 Å². The van der Waals surface area contributed by atoms with Gasteiger partial charge < -0.3 is 14.8 Å². The first-order valence-electron chi connectivity index (χ1n) is 10.7. The lowest BCUT2D eigenvalue weighted by atomic mass is 10.1. The fraction of sp³-hybridized carbons (Fsp3) is 0.391. The topological polar surface area (TPSA) is 102 Å². The van der Waals surface area contributed by atoms with Gasteiger partial charge in [-0.1, -0.05) is 24.4 Å². The SMILES string of the molecule is CCOC(=O)c1cc(NC(=O)c2cc(S(=O)(=O)N3CCCCCC3)ccc2OC)ccc1Cl. The van der Waals surface area contributed by atoms with Gasteiger partial charge in [0.2, 0.25) is 10.0 Å². The molecule has 3 rings (SSSR count). The molecule has 0 spiro atoms. The number of benzene rings is 2. The lowest BCUT2D eigenvalue weighted by molar-refractivity contribution is 0.0526. The van der Waals surface area contributed by atoms with E-state index in [1.54, 1.807) is 6.92 Å². The van der Waals surface area contributed by atoms with Gasteiger partial charge in [0.15, 0.2) is 0 Å². The second kappa shape index (κ2) is 11.0. The third-order valence-corrected chi connectivity index (χ3v) is 7.56. The molecule has 0 atom stereocenters. The number of nitrogens with zero attached hydrogens (tertiary/aromatic N) is 1. The number of amides is 1. The van der Waals surface area contributed by atoms with E-state index in [4.69, 9.17) is 21.1 Å². The highest BCUT2D eigenvalue weighted by atomic mass is 35.5. The molecule has 2 aromatic rings. The molecule has 33 heavy (non-hydrogen) atoms. The van der Waals surface area contributed by atoms with E-state index in [1.165, 1.54) is 47.8 Å². The van der Waals surface area contributed by atoms with Crippen LogP contribution in [0.15, 0.2) is 41.3 Å². The second-order valence-electron chi connectivity index (χ2n) is 7.55. The molecule has 0 aliphatic carbocycles. The van der Waals surface area contributed by atoms with Crippen LogP contribution < -0.4 is 10.1 Å². The number of methoxy groups -OCH3 is 1. The molecule has 2 aromatic carbocycles. The minimum absolute atomic E-state index is 0.0265. The number of hydrogen-bond acceptors (Lipinski definition) is 6. The molecule has 0 unspecified atom stereocenters. The lowest BCUT2D eigenvalue weighted by Gasteiger charge is -2.20. The van der Waals surface area contributed by atoms with Crippen LogP contribution in [0.5, 0.6) is 5.75 Å². The molecule has 1 heterocycles. The molecule has 1 amide bonds. The van der Waals surface area contributed by atoms with Gasteiger partial charge in [-0.15, -0.1) is 0 Å². The zero-order valence-corrected chi connectivity index (χ0v) is 20.2. The number of sulfonamides is 1. The van der Waals surface area contributed by atoms with E-state index in [1.807, 2.05) is 0 Å². The van der Waals surface area contributed by atoms with Gasteiger partial charge in [0.05, 0.1) is 34.8 Å². The minimum Gasteiger partial charge on any atom is -0.496 e. The zero-order valence-electron chi connectivity index (χ0n) is 18.6. The van der Waals surface area contributed by atoms with Crippen molar-refractivity contribution in [3.63, 3.8) is 0 Å². The van der Waals surface area contributed by atoms with Crippen LogP contribution in [0.3, 0.4) is 0 Å². The molecule has 1 aliphatic heterocycles. The molecule has 1 aliphatic rings. The van der Waals surface area contributed by atoms with Crippen LogP contribution in [0.25, 0.3) is 0 Å². The van der Waals surface area contributed by atoms with Crippen LogP contribution in [0.4, 0.5) is 5.69 Å². The molecule has 8 nitrogen and oxygen atoms in total. The molecule has 0 aromatic heterocycles. The van der Waals surface area contributed by atoms with Crippen molar-refractivity contribution < 1.29 is 27.5 Å². The molecule has 178 valence electrons. The number of carbonyl (C=O) groups is 2. The van der Waals surface area contributed by atoms with Crippen LogP contribution in [0.2, 0.25) is 5.02 Å². The quantitative estimate of drug-likeness (QED) is 0.574. The summed E-state index contributed by atoms with van der Waals surface area (Å²) in [5.74, 6) is -0.972. The Balaban J connectivity index is 1.90. The smallest absolute Gasteiger partial charge is 0.339 e. The molecule has 0 bridgehead atoms. The molecule has 10 heteroatoms. The number of anilines is 1. The zero-order chi connectivity index (χ0) is 24.0. The van der Waals surface area contributed by atoms with Crippen molar-refractivity contribution in [1.82, 2.24) is 4.31 Å². The summed E-state index contributed by atoms with van der Waals surface area (Å²) in [4.78, 5) is 25.2. The molecular formula is C23H27ClN2O6S. The van der Waals surface area contributed by atoms with Crippen molar-refractivity contribution in [3.8, 4) is 5.75 Å². The minimum atomic E-state index is -3.75. The monoisotopic (exact) mass is 494 g/mol. The average molecular weight is 495 g/mol. The van der Waals surface area contributed by atoms with E-state index in [9.17, 15) is 18.0 Å². The highest BCUT2D eigenvalue weighted by molar-refractivity contribution is 7.89. The first-order chi connectivity index (χ1) is 15.8. The number of rotatable bonds is 7. The maximum absolute atomic E-state index is 13.2. The first-order valence-corrected chi connectivity index (χ1v) is 12.6. The Morgan fingerprint density at radius 2 is 1.73 bits per heavy atom. The Morgan fingerprint density at radius 3 is 2.36 bits per heavy atom. The molecule has 1 fully saturated rings. The van der Waals surface area contributed by atoms with E-state index in [-0.39, 0.29) is 33.4 Å². The summed E-state index contributed by atoms with van der Waals surface area (Å²) in [5, 5.41) is 2.86. The van der Waals surface area contributed by atoms with Gasteiger partial charge >= 0.3 is 5.97 Å². The number of carbonyl (C=O) groups excluding carboxylic acids is 2. The predicted octanol–water partition coefficient (Wildman–Crippen LogP) is 4.34. The highest BCUT2D eigenvalue weighted by Crippen LogP contribution is 2.28. The molecule has 0 saturated carbocycles. The Bertz CT molecular complexity index is 1130. The van der Waals surface area contributed by atoms with Crippen molar-refractivity contribution in [2.75, 3.05) is 32.1 Å². The van der Waals surface area contributed by atoms with Crippen molar-refractivity contribution in [2.24, 2.45) is 0 Å². The van der Waals surface area contributed by atoms with E-state index in [0.717, 1.165) is 25.7 Å². The van der Waals surface area contributed by atoms with E-state index in [0.29, 0.717) is 18.8 Å². The standard InChI is InChI=1S/C23H27ClN2O6S/c1-3-32-23(28)18-14-16(8-10-20(18)24)25-22(27)19-15-17(9-11-21(19)31-2)33(29,30)26-12-6-4-5-7-13-26/h8-11,14-15H,3-7,12-13H2,1-2H3,(H,25,27). The van der Waals surface area contributed by atoms with Crippen LogP contribution in [0.1, 0.15) is 53.3 Å². The predicted molar refractivity (Wildman–Crippen MR) is 126 cm³/mol. The fourth-order valence-electron chi connectivity index (χ4n) is 3.62. The normalized spacial score (nSPS) is 14.9. The van der Waals surface area contributed by atoms with Gasteiger partial charge in [-0.3, -0.25) is 4.79 Å². The maximum atomic E-state index is 13.2. The summed E-state index contributed by atoms with van der Waals surface area (Å²) >= 11 is 6.08. The summed E-state index contributed by atoms with van der Waals surface area (Å²) < 4.78 is 38.1. The van der Waals surface area contributed by atoms with Crippen molar-refractivity contribution >= 4 is 39.2 Å². The molecule has 1 saturated heterocycles. The molecule has 0 radical (unpaired) electrons. The number of esters is 1. The average Bonchev–Trinajstić information content (AvgIpc) is 3.10. The van der Waals surface area contributed by atoms with Crippen LogP contribution >= 0.6 is 11.6 Å². The van der Waals surface area contributed by atoms with Crippen molar-refractivity contribution in [3.05, 3.63) is 52.5 Å².